The first-order valence-corrected chi connectivity index (χ1v) is 8.49. The zero-order valence-corrected chi connectivity index (χ0v) is 14.0. The van der Waals surface area contributed by atoms with Crippen LogP contribution in [0, 0.1) is 13.8 Å². The van der Waals surface area contributed by atoms with Gasteiger partial charge < -0.3 is 4.98 Å². The van der Waals surface area contributed by atoms with Crippen molar-refractivity contribution in [2.24, 2.45) is 0 Å². The minimum atomic E-state index is -4.87. The highest BCUT2D eigenvalue weighted by Crippen LogP contribution is 2.38. The maximum atomic E-state index is 13.4. The average molecular weight is 365 g/mol. The van der Waals surface area contributed by atoms with Crippen LogP contribution in [0.2, 0.25) is 0 Å². The summed E-state index contributed by atoms with van der Waals surface area (Å²) < 4.78 is 67.3. The number of nitrogens with zero attached hydrogens (tertiary/aromatic N) is 2. The second kappa shape index (κ2) is 5.81. The Morgan fingerprint density at radius 1 is 1.21 bits per heavy atom. The van der Waals surface area contributed by atoms with Gasteiger partial charge in [-0.1, -0.05) is 0 Å². The standard InChI is InChI=1S/C13H14F3N3O4S/c1-5-8(6(2)23-24(4,21)22)10(13(14,15)16)19-11-9(5)12(20)18-7(3)17-11/h6H,1-4H3,(H,17,18,19,20). The van der Waals surface area contributed by atoms with E-state index in [9.17, 15) is 26.4 Å². The number of halogens is 3. The van der Waals surface area contributed by atoms with Crippen LogP contribution in [0.1, 0.15) is 35.7 Å². The van der Waals surface area contributed by atoms with Crippen molar-refractivity contribution in [2.75, 3.05) is 6.26 Å². The summed E-state index contributed by atoms with van der Waals surface area (Å²) in [5.41, 5.74) is -2.96. The molecule has 2 aromatic rings. The summed E-state index contributed by atoms with van der Waals surface area (Å²) in [5.74, 6) is 0.112. The van der Waals surface area contributed by atoms with Gasteiger partial charge in [0.15, 0.2) is 11.3 Å². The van der Waals surface area contributed by atoms with E-state index < -0.39 is 39.2 Å². The molecule has 0 spiro atoms. The van der Waals surface area contributed by atoms with Crippen molar-refractivity contribution in [1.82, 2.24) is 15.0 Å². The first-order chi connectivity index (χ1) is 10.8. The average Bonchev–Trinajstić information content (AvgIpc) is 2.33. The van der Waals surface area contributed by atoms with Crippen LogP contribution in [0.25, 0.3) is 11.0 Å². The molecule has 0 saturated carbocycles. The lowest BCUT2D eigenvalue weighted by atomic mass is 9.99. The van der Waals surface area contributed by atoms with Gasteiger partial charge in [-0.15, -0.1) is 0 Å². The number of hydrogen-bond acceptors (Lipinski definition) is 6. The molecular formula is C13H14F3N3O4S. The number of H-pyrrole nitrogens is 1. The molecule has 1 unspecified atom stereocenters. The Kier molecular flexibility index (Phi) is 4.44. The first kappa shape index (κ1) is 18.3. The number of aromatic amines is 1. The number of rotatable bonds is 3. The molecule has 7 nitrogen and oxygen atoms in total. The molecule has 0 aromatic carbocycles. The molecule has 1 N–H and O–H groups in total. The molecule has 0 aliphatic rings. The van der Waals surface area contributed by atoms with E-state index in [2.05, 4.69) is 19.1 Å². The van der Waals surface area contributed by atoms with E-state index in [0.717, 1.165) is 13.2 Å². The van der Waals surface area contributed by atoms with E-state index in [-0.39, 0.29) is 22.4 Å². The van der Waals surface area contributed by atoms with Gasteiger partial charge >= 0.3 is 6.18 Å². The number of aromatic nitrogens is 3. The van der Waals surface area contributed by atoms with Crippen molar-refractivity contribution < 1.29 is 25.8 Å². The Bertz CT molecular complexity index is 967. The van der Waals surface area contributed by atoms with E-state index in [1.807, 2.05) is 0 Å². The number of hydrogen-bond donors (Lipinski definition) is 1. The smallest absolute Gasteiger partial charge is 0.310 e. The van der Waals surface area contributed by atoms with Crippen LogP contribution < -0.4 is 5.56 Å². The molecular weight excluding hydrogens is 351 g/mol. The van der Waals surface area contributed by atoms with Crippen LogP contribution in [0.15, 0.2) is 4.79 Å². The lowest BCUT2D eigenvalue weighted by molar-refractivity contribution is -0.142. The van der Waals surface area contributed by atoms with E-state index >= 15 is 0 Å². The van der Waals surface area contributed by atoms with Crippen LogP contribution in [0.4, 0.5) is 13.2 Å². The molecule has 24 heavy (non-hydrogen) atoms. The zero-order valence-electron chi connectivity index (χ0n) is 13.1. The molecule has 0 amide bonds. The fraction of sp³-hybridized carbons (Fsp3) is 0.462. The summed E-state index contributed by atoms with van der Waals surface area (Å²) in [6.07, 6.45) is -5.63. The fourth-order valence-corrected chi connectivity index (χ4v) is 3.11. The number of pyridine rings is 1. The second-order valence-corrected chi connectivity index (χ2v) is 6.89. The molecule has 132 valence electrons. The van der Waals surface area contributed by atoms with E-state index in [1.165, 1.54) is 13.8 Å². The van der Waals surface area contributed by atoms with Crippen molar-refractivity contribution in [2.45, 2.75) is 33.1 Å². The molecule has 0 fully saturated rings. The molecule has 2 rings (SSSR count). The monoisotopic (exact) mass is 365 g/mol. The van der Waals surface area contributed by atoms with Crippen LogP contribution >= 0.6 is 0 Å². The summed E-state index contributed by atoms with van der Waals surface area (Å²) in [6.45, 7) is 3.82. The third-order valence-electron chi connectivity index (χ3n) is 3.26. The van der Waals surface area contributed by atoms with Crippen molar-refractivity contribution in [3.05, 3.63) is 33.0 Å². The molecule has 0 aliphatic carbocycles. The van der Waals surface area contributed by atoms with Gasteiger partial charge in [0, 0.05) is 5.56 Å². The van der Waals surface area contributed by atoms with E-state index in [0.29, 0.717) is 0 Å². The van der Waals surface area contributed by atoms with Crippen molar-refractivity contribution in [3.63, 3.8) is 0 Å². The summed E-state index contributed by atoms with van der Waals surface area (Å²) in [7, 11) is -4.02. The SMILES string of the molecule is Cc1nc2nc(C(F)(F)F)c(C(C)OS(C)(=O)=O)c(C)c2c(=O)[nH]1. The van der Waals surface area contributed by atoms with Crippen LogP contribution in [-0.2, 0) is 20.5 Å². The minimum absolute atomic E-state index is 0.0859. The molecule has 0 saturated heterocycles. The highest BCUT2D eigenvalue weighted by atomic mass is 32.2. The van der Waals surface area contributed by atoms with Crippen molar-refractivity contribution in [3.8, 4) is 0 Å². The molecule has 2 heterocycles. The number of fused-ring (bicyclic) bond motifs is 1. The maximum absolute atomic E-state index is 13.4. The molecule has 0 radical (unpaired) electrons. The Labute approximate surface area is 135 Å². The topological polar surface area (TPSA) is 102 Å². The second-order valence-electron chi connectivity index (χ2n) is 5.29. The lowest BCUT2D eigenvalue weighted by Gasteiger charge is -2.20. The summed E-state index contributed by atoms with van der Waals surface area (Å²) in [5, 5.41) is -0.146. The van der Waals surface area contributed by atoms with Gasteiger partial charge in [0.05, 0.1) is 11.6 Å². The minimum Gasteiger partial charge on any atom is -0.310 e. The van der Waals surface area contributed by atoms with Gasteiger partial charge in [-0.3, -0.25) is 8.98 Å². The fourth-order valence-electron chi connectivity index (χ4n) is 2.49. The predicted molar refractivity (Wildman–Crippen MR) is 79.0 cm³/mol. The molecule has 2 aromatic heterocycles. The quantitative estimate of drug-likeness (QED) is 0.835. The predicted octanol–water partition coefficient (Wildman–Crippen LogP) is 1.99. The van der Waals surface area contributed by atoms with Gasteiger partial charge in [0.1, 0.15) is 11.9 Å². The number of alkyl halides is 3. The van der Waals surface area contributed by atoms with E-state index in [4.69, 9.17) is 0 Å². The largest absolute Gasteiger partial charge is 0.433 e. The van der Waals surface area contributed by atoms with Crippen molar-refractivity contribution in [1.29, 1.82) is 0 Å². The Balaban J connectivity index is 2.90. The lowest BCUT2D eigenvalue weighted by Crippen LogP contribution is -2.21. The van der Waals surface area contributed by atoms with Gasteiger partial charge in [-0.05, 0) is 26.3 Å². The third kappa shape index (κ3) is 3.56. The Morgan fingerprint density at radius 3 is 2.29 bits per heavy atom. The highest BCUT2D eigenvalue weighted by Gasteiger charge is 2.39. The molecule has 1 atom stereocenters. The maximum Gasteiger partial charge on any atom is 0.433 e. The van der Waals surface area contributed by atoms with Crippen LogP contribution in [0.3, 0.4) is 0 Å². The first-order valence-electron chi connectivity index (χ1n) is 6.68. The van der Waals surface area contributed by atoms with Crippen LogP contribution in [0.5, 0.6) is 0 Å². The number of aryl methyl sites for hydroxylation is 2. The van der Waals surface area contributed by atoms with Gasteiger partial charge in [-0.2, -0.15) is 21.6 Å². The molecule has 0 aliphatic heterocycles. The molecule has 11 heteroatoms. The van der Waals surface area contributed by atoms with Gasteiger partial charge in [0.25, 0.3) is 15.7 Å². The third-order valence-corrected chi connectivity index (χ3v) is 3.90. The van der Waals surface area contributed by atoms with Crippen molar-refractivity contribution >= 4 is 21.2 Å². The molecule has 0 bridgehead atoms. The van der Waals surface area contributed by atoms with Crippen LogP contribution in [-0.4, -0.2) is 29.6 Å². The summed E-state index contributed by atoms with van der Waals surface area (Å²) in [6, 6.07) is 0. The van der Waals surface area contributed by atoms with E-state index in [1.54, 1.807) is 0 Å². The normalized spacial score (nSPS) is 14.1. The zero-order chi connectivity index (χ0) is 18.4. The Morgan fingerprint density at radius 2 is 1.79 bits per heavy atom. The highest BCUT2D eigenvalue weighted by molar-refractivity contribution is 7.86. The van der Waals surface area contributed by atoms with Gasteiger partial charge in [-0.25, -0.2) is 9.97 Å². The number of nitrogens with one attached hydrogen (secondary N) is 1. The summed E-state index contributed by atoms with van der Waals surface area (Å²) >= 11 is 0. The Hall–Kier alpha value is -2.01. The summed E-state index contributed by atoms with van der Waals surface area (Å²) in [4.78, 5) is 21.7. The van der Waals surface area contributed by atoms with Gasteiger partial charge in [0.2, 0.25) is 0 Å².